The number of carbonyl (C=O) groups is 1. The van der Waals surface area contributed by atoms with E-state index in [0.717, 1.165) is 0 Å². The number of hydrogen-bond acceptors (Lipinski definition) is 1. The Morgan fingerprint density at radius 3 is 1.86 bits per heavy atom. The fourth-order valence-electron chi connectivity index (χ4n) is 0. The van der Waals surface area contributed by atoms with E-state index in [2.05, 4.69) is 0 Å². The summed E-state index contributed by atoms with van der Waals surface area (Å²) >= 11 is 0. The maximum Gasteiger partial charge on any atom is 1.00 e. The molecule has 0 spiro atoms. The van der Waals surface area contributed by atoms with Crippen molar-refractivity contribution in [3.05, 3.63) is 7.43 Å². The van der Waals surface area contributed by atoms with Crippen molar-refractivity contribution in [1.82, 2.24) is 0 Å². The molecular formula is C4H9LiO2. The van der Waals surface area contributed by atoms with Crippen LogP contribution in [0.5, 0.6) is 0 Å². The molecule has 0 atom stereocenters. The van der Waals surface area contributed by atoms with Crippen molar-refractivity contribution in [3.8, 4) is 0 Å². The van der Waals surface area contributed by atoms with E-state index in [4.69, 9.17) is 5.11 Å². The third-order valence-corrected chi connectivity index (χ3v) is 0.302. The second kappa shape index (κ2) is 9.42. The van der Waals surface area contributed by atoms with Gasteiger partial charge in [0.1, 0.15) is 0 Å². The molecule has 0 saturated carbocycles. The van der Waals surface area contributed by atoms with Crippen LogP contribution in [0.3, 0.4) is 0 Å². The van der Waals surface area contributed by atoms with Crippen LogP contribution in [0.2, 0.25) is 0 Å². The van der Waals surface area contributed by atoms with Gasteiger partial charge in [0.2, 0.25) is 0 Å². The van der Waals surface area contributed by atoms with E-state index in [-0.39, 0.29) is 32.7 Å². The topological polar surface area (TPSA) is 37.3 Å². The van der Waals surface area contributed by atoms with Crippen LogP contribution in [0.15, 0.2) is 0 Å². The molecule has 0 aliphatic carbocycles. The normalized spacial score (nSPS) is 5.29. The van der Waals surface area contributed by atoms with Gasteiger partial charge in [-0.1, -0.05) is 6.92 Å². The van der Waals surface area contributed by atoms with E-state index in [1.165, 1.54) is 0 Å². The first-order valence-corrected chi connectivity index (χ1v) is 1.49. The minimum absolute atomic E-state index is 0. The summed E-state index contributed by atoms with van der Waals surface area (Å²) in [7, 11) is 0. The first-order chi connectivity index (χ1) is 2.27. The molecule has 0 aromatic heterocycles. The van der Waals surface area contributed by atoms with Crippen LogP contribution in [0, 0.1) is 7.43 Å². The van der Waals surface area contributed by atoms with Crippen molar-refractivity contribution < 1.29 is 28.8 Å². The molecule has 2 nitrogen and oxygen atoms in total. The van der Waals surface area contributed by atoms with Crippen LogP contribution < -0.4 is 18.9 Å². The van der Waals surface area contributed by atoms with Gasteiger partial charge in [-0.15, -0.1) is 0 Å². The summed E-state index contributed by atoms with van der Waals surface area (Å²) in [6, 6.07) is 0. The van der Waals surface area contributed by atoms with Gasteiger partial charge >= 0.3 is 24.8 Å². The fraction of sp³-hybridized carbons (Fsp3) is 0.500. The van der Waals surface area contributed by atoms with Gasteiger partial charge in [-0.25, -0.2) is 0 Å². The Hall–Kier alpha value is 0.0674. The number of rotatable bonds is 1. The van der Waals surface area contributed by atoms with Gasteiger partial charge < -0.3 is 12.5 Å². The second-order valence-electron chi connectivity index (χ2n) is 0.747. The zero-order chi connectivity index (χ0) is 4.28. The molecule has 3 heteroatoms. The molecule has 0 aliphatic heterocycles. The quantitative estimate of drug-likeness (QED) is 0.301. The molecule has 0 heterocycles. The van der Waals surface area contributed by atoms with E-state index >= 15 is 0 Å². The summed E-state index contributed by atoms with van der Waals surface area (Å²) < 4.78 is 0. The molecule has 0 aliphatic rings. The minimum Gasteiger partial charge on any atom is -0.481 e. The van der Waals surface area contributed by atoms with Crippen molar-refractivity contribution in [2.45, 2.75) is 13.3 Å². The van der Waals surface area contributed by atoms with Crippen LogP contribution in [-0.2, 0) is 4.79 Å². The monoisotopic (exact) mass is 96.1 g/mol. The smallest absolute Gasteiger partial charge is 0.481 e. The van der Waals surface area contributed by atoms with Crippen LogP contribution in [0.4, 0.5) is 0 Å². The maximum atomic E-state index is 9.37. The number of hydrogen-bond donors (Lipinski definition) is 1. The summed E-state index contributed by atoms with van der Waals surface area (Å²) in [5.74, 6) is -0.745. The fourth-order valence-corrected chi connectivity index (χ4v) is 0. The van der Waals surface area contributed by atoms with E-state index in [1.807, 2.05) is 0 Å². The maximum absolute atomic E-state index is 9.37. The van der Waals surface area contributed by atoms with Crippen molar-refractivity contribution in [3.63, 3.8) is 0 Å². The Labute approximate surface area is 56.1 Å². The van der Waals surface area contributed by atoms with Crippen molar-refractivity contribution in [1.29, 1.82) is 0 Å². The molecule has 0 amide bonds. The van der Waals surface area contributed by atoms with Crippen molar-refractivity contribution in [2.24, 2.45) is 0 Å². The van der Waals surface area contributed by atoms with Gasteiger partial charge in [-0.2, -0.15) is 0 Å². The number of aliphatic carboxylic acids is 1. The first-order valence-electron chi connectivity index (χ1n) is 1.49. The molecule has 0 unspecified atom stereocenters. The first kappa shape index (κ1) is 15.7. The van der Waals surface area contributed by atoms with Gasteiger partial charge in [0, 0.05) is 6.42 Å². The Morgan fingerprint density at radius 2 is 1.86 bits per heavy atom. The van der Waals surface area contributed by atoms with Gasteiger partial charge in [0.15, 0.2) is 0 Å². The molecule has 0 rings (SSSR count). The van der Waals surface area contributed by atoms with E-state index in [9.17, 15) is 4.79 Å². The van der Waals surface area contributed by atoms with Crippen LogP contribution in [-0.4, -0.2) is 11.1 Å². The van der Waals surface area contributed by atoms with Crippen LogP contribution in [0.1, 0.15) is 13.3 Å². The average molecular weight is 96.1 g/mol. The molecule has 0 aromatic rings. The molecule has 1 N–H and O–H groups in total. The van der Waals surface area contributed by atoms with Crippen LogP contribution in [0.25, 0.3) is 0 Å². The summed E-state index contributed by atoms with van der Waals surface area (Å²) in [4.78, 5) is 9.37. The standard InChI is InChI=1S/C3H6O2.CH3.Li/c1-2-3(4)5;;/h2H2,1H3,(H,4,5);1H3;/q;-1;+1. The molecular weight excluding hydrogens is 87.0 g/mol. The second-order valence-corrected chi connectivity index (χ2v) is 0.747. The molecule has 0 saturated heterocycles. The molecule has 0 radical (unpaired) electrons. The van der Waals surface area contributed by atoms with Crippen LogP contribution >= 0.6 is 0 Å². The van der Waals surface area contributed by atoms with E-state index in [0.29, 0.717) is 0 Å². The predicted molar refractivity (Wildman–Crippen MR) is 24.3 cm³/mol. The summed E-state index contributed by atoms with van der Waals surface area (Å²) in [6.45, 7) is 1.60. The molecule has 0 bridgehead atoms. The van der Waals surface area contributed by atoms with Gasteiger partial charge in [-0.3, -0.25) is 4.79 Å². The zero-order valence-corrected chi connectivity index (χ0v) is 5.06. The average Bonchev–Trinajstić information content (AvgIpc) is 1.38. The molecule has 7 heavy (non-hydrogen) atoms. The number of carboxylic acids is 1. The van der Waals surface area contributed by atoms with E-state index < -0.39 is 5.97 Å². The van der Waals surface area contributed by atoms with Crippen molar-refractivity contribution in [2.75, 3.05) is 0 Å². The minimum atomic E-state index is -0.745. The largest absolute Gasteiger partial charge is 1.00 e. The Balaban J connectivity index is -0.0000000800. The van der Waals surface area contributed by atoms with E-state index in [1.54, 1.807) is 6.92 Å². The van der Waals surface area contributed by atoms with Crippen molar-refractivity contribution >= 4 is 5.97 Å². The Morgan fingerprint density at radius 1 is 1.71 bits per heavy atom. The van der Waals surface area contributed by atoms with Gasteiger partial charge in [0.25, 0.3) is 0 Å². The Kier molecular flexibility index (Phi) is 21.2. The molecule has 0 fully saturated rings. The summed E-state index contributed by atoms with van der Waals surface area (Å²) in [6.07, 6.45) is 0.222. The molecule has 0 aromatic carbocycles. The summed E-state index contributed by atoms with van der Waals surface area (Å²) in [5, 5.41) is 7.72. The zero-order valence-electron chi connectivity index (χ0n) is 5.06. The predicted octanol–water partition coefficient (Wildman–Crippen LogP) is -2.06. The molecule has 38 valence electrons. The Bertz CT molecular complexity index is 45.0. The number of carboxylic acid groups (broad SMARTS) is 1. The summed E-state index contributed by atoms with van der Waals surface area (Å²) in [5.41, 5.74) is 0. The third kappa shape index (κ3) is 23.5. The van der Waals surface area contributed by atoms with Gasteiger partial charge in [0.05, 0.1) is 0 Å². The third-order valence-electron chi connectivity index (χ3n) is 0.302. The SMILES string of the molecule is CCC(=O)O.[CH3-].[Li+]. The van der Waals surface area contributed by atoms with Gasteiger partial charge in [-0.05, 0) is 0 Å².